The number of alkyl carbamates (subject to hydrolysis) is 1. The number of carbonyl (C=O) groups is 1. The highest BCUT2D eigenvalue weighted by molar-refractivity contribution is 5.70. The van der Waals surface area contributed by atoms with E-state index in [0.29, 0.717) is 18.7 Å². The first-order chi connectivity index (χ1) is 8.27. The summed E-state index contributed by atoms with van der Waals surface area (Å²) in [5.41, 5.74) is 9.22. The lowest BCUT2D eigenvalue weighted by Gasteiger charge is -2.14. The van der Waals surface area contributed by atoms with Gasteiger partial charge in [0.05, 0.1) is 12.6 Å². The van der Waals surface area contributed by atoms with Crippen molar-refractivity contribution in [1.82, 2.24) is 5.32 Å². The van der Waals surface area contributed by atoms with Crippen LogP contribution in [0.1, 0.15) is 39.0 Å². The molecule has 1 aliphatic rings. The highest BCUT2D eigenvalue weighted by Gasteiger charge is 2.17. The van der Waals surface area contributed by atoms with Crippen molar-refractivity contribution >= 4 is 6.09 Å². The minimum Gasteiger partial charge on any atom is -0.449 e. The van der Waals surface area contributed by atoms with Gasteiger partial charge in [-0.1, -0.05) is 37.4 Å². The van der Waals surface area contributed by atoms with Crippen LogP contribution in [0.15, 0.2) is 16.9 Å². The minimum absolute atomic E-state index is 0.294. The maximum absolute atomic E-state index is 11.2. The first-order valence-electron chi connectivity index (χ1n) is 5.96. The second-order valence-electron chi connectivity index (χ2n) is 3.93. The number of hydrogen-bond acceptors (Lipinski definition) is 3. The molecule has 17 heavy (non-hydrogen) atoms. The second kappa shape index (κ2) is 7.57. The van der Waals surface area contributed by atoms with E-state index in [9.17, 15) is 4.79 Å². The summed E-state index contributed by atoms with van der Waals surface area (Å²) in [5.74, 6) is 0. The van der Waals surface area contributed by atoms with Crippen LogP contribution in [-0.2, 0) is 4.74 Å². The van der Waals surface area contributed by atoms with Gasteiger partial charge in [0, 0.05) is 17.0 Å². The van der Waals surface area contributed by atoms with Gasteiger partial charge in [0.2, 0.25) is 0 Å². The molecule has 0 aromatic rings. The third-order valence-electron chi connectivity index (χ3n) is 2.59. The van der Waals surface area contributed by atoms with Crippen LogP contribution < -0.4 is 5.32 Å². The minimum atomic E-state index is -0.470. The molecular formula is C11H18N4O2. The summed E-state index contributed by atoms with van der Waals surface area (Å²) in [5, 5.41) is 6.36. The van der Waals surface area contributed by atoms with Crippen molar-refractivity contribution in [3.8, 4) is 0 Å². The summed E-state index contributed by atoms with van der Waals surface area (Å²) >= 11 is 0. The molecule has 0 spiro atoms. The Kier molecular flexibility index (Phi) is 5.96. The monoisotopic (exact) mass is 238 g/mol. The van der Waals surface area contributed by atoms with Crippen molar-refractivity contribution in [2.45, 2.75) is 45.1 Å². The number of rotatable bonds is 6. The molecule has 0 aromatic carbocycles. The average Bonchev–Trinajstić information content (AvgIpc) is 2.53. The Bertz CT molecular complexity index is 334. The van der Waals surface area contributed by atoms with Crippen LogP contribution in [0.25, 0.3) is 10.4 Å². The van der Waals surface area contributed by atoms with E-state index >= 15 is 0 Å². The predicted octanol–water partition coefficient (Wildman–Crippen LogP) is 3.26. The summed E-state index contributed by atoms with van der Waals surface area (Å²) in [4.78, 5) is 14.1. The standard InChI is InChI=1S/C11H18N4O2/c1-2-3-4-6-10(14-15-12)9-7-5-8-17-11(16)13-9/h7,10H,2-6,8H2,1H3,(H,13,16). The fourth-order valence-electron chi connectivity index (χ4n) is 1.72. The summed E-state index contributed by atoms with van der Waals surface area (Å²) in [6, 6.07) is -0.294. The molecule has 0 bridgehead atoms. The number of nitrogens with one attached hydrogen (secondary N) is 1. The highest BCUT2D eigenvalue weighted by Crippen LogP contribution is 2.16. The Hall–Kier alpha value is -1.68. The Morgan fingerprint density at radius 2 is 2.47 bits per heavy atom. The van der Waals surface area contributed by atoms with E-state index in [2.05, 4.69) is 22.3 Å². The first-order valence-corrected chi connectivity index (χ1v) is 5.96. The quantitative estimate of drug-likeness (QED) is 0.333. The number of amides is 1. The van der Waals surface area contributed by atoms with Crippen molar-refractivity contribution in [2.75, 3.05) is 6.61 Å². The van der Waals surface area contributed by atoms with Gasteiger partial charge in [-0.25, -0.2) is 4.79 Å². The molecule has 1 aliphatic heterocycles. The fourth-order valence-corrected chi connectivity index (χ4v) is 1.72. The molecule has 1 amide bonds. The predicted molar refractivity (Wildman–Crippen MR) is 64.3 cm³/mol. The molecule has 1 heterocycles. The topological polar surface area (TPSA) is 87.1 Å². The van der Waals surface area contributed by atoms with E-state index in [4.69, 9.17) is 10.3 Å². The molecular weight excluding hydrogens is 220 g/mol. The van der Waals surface area contributed by atoms with Crippen LogP contribution in [-0.4, -0.2) is 18.7 Å². The smallest absolute Gasteiger partial charge is 0.411 e. The fraction of sp³-hybridized carbons (Fsp3) is 0.727. The summed E-state index contributed by atoms with van der Waals surface area (Å²) < 4.78 is 4.85. The van der Waals surface area contributed by atoms with E-state index in [0.717, 1.165) is 25.7 Å². The number of unbranched alkanes of at least 4 members (excludes halogenated alkanes) is 2. The molecule has 0 radical (unpaired) electrons. The Labute approximate surface area is 101 Å². The van der Waals surface area contributed by atoms with Crippen LogP contribution in [0.3, 0.4) is 0 Å². The Balaban J connectivity index is 2.64. The van der Waals surface area contributed by atoms with Crippen molar-refractivity contribution in [1.29, 1.82) is 0 Å². The molecule has 1 N–H and O–H groups in total. The van der Waals surface area contributed by atoms with Gasteiger partial charge in [0.1, 0.15) is 0 Å². The van der Waals surface area contributed by atoms with E-state index in [1.807, 2.05) is 6.08 Å². The molecule has 1 unspecified atom stereocenters. The molecule has 6 nitrogen and oxygen atoms in total. The first kappa shape index (κ1) is 13.4. The van der Waals surface area contributed by atoms with E-state index < -0.39 is 6.09 Å². The van der Waals surface area contributed by atoms with Gasteiger partial charge in [-0.15, -0.1) is 0 Å². The van der Waals surface area contributed by atoms with Gasteiger partial charge < -0.3 is 4.74 Å². The third kappa shape index (κ3) is 4.78. The van der Waals surface area contributed by atoms with E-state index in [1.54, 1.807) is 0 Å². The molecule has 1 rings (SSSR count). The molecule has 0 saturated heterocycles. The van der Waals surface area contributed by atoms with Crippen molar-refractivity contribution in [3.05, 3.63) is 22.2 Å². The Morgan fingerprint density at radius 3 is 3.18 bits per heavy atom. The molecule has 94 valence electrons. The van der Waals surface area contributed by atoms with Gasteiger partial charge in [0.25, 0.3) is 0 Å². The normalized spacial score (nSPS) is 17.0. The van der Waals surface area contributed by atoms with Gasteiger partial charge >= 0.3 is 6.09 Å². The number of nitrogens with zero attached hydrogens (tertiary/aromatic N) is 3. The summed E-state index contributed by atoms with van der Waals surface area (Å²) in [6.45, 7) is 2.48. The number of azide groups is 1. The van der Waals surface area contributed by atoms with Crippen LogP contribution in [0.2, 0.25) is 0 Å². The maximum atomic E-state index is 11.2. The lowest BCUT2D eigenvalue weighted by atomic mass is 10.1. The van der Waals surface area contributed by atoms with E-state index in [-0.39, 0.29) is 6.04 Å². The number of hydrogen-bond donors (Lipinski definition) is 1. The van der Waals surface area contributed by atoms with Crippen LogP contribution in [0, 0.1) is 0 Å². The summed E-state index contributed by atoms with van der Waals surface area (Å²) in [6.07, 6.45) is 5.99. The highest BCUT2D eigenvalue weighted by atomic mass is 16.5. The van der Waals surface area contributed by atoms with Gasteiger partial charge in [0.15, 0.2) is 0 Å². The van der Waals surface area contributed by atoms with Gasteiger partial charge in [-0.2, -0.15) is 0 Å². The number of carbonyl (C=O) groups excluding carboxylic acids is 1. The van der Waals surface area contributed by atoms with E-state index in [1.165, 1.54) is 0 Å². The second-order valence-corrected chi connectivity index (χ2v) is 3.93. The molecule has 6 heteroatoms. The van der Waals surface area contributed by atoms with Crippen molar-refractivity contribution in [3.63, 3.8) is 0 Å². The van der Waals surface area contributed by atoms with Crippen LogP contribution >= 0.6 is 0 Å². The molecule has 0 saturated carbocycles. The SMILES string of the molecule is CCCCCC(N=[N+]=[N-])C1=CCCOC(=O)N1. The van der Waals surface area contributed by atoms with Crippen molar-refractivity contribution < 1.29 is 9.53 Å². The molecule has 0 aromatic heterocycles. The zero-order chi connectivity index (χ0) is 12.5. The lowest BCUT2D eigenvalue weighted by molar-refractivity contribution is 0.153. The molecule has 1 atom stereocenters. The van der Waals surface area contributed by atoms with Crippen LogP contribution in [0.5, 0.6) is 0 Å². The third-order valence-corrected chi connectivity index (χ3v) is 2.59. The largest absolute Gasteiger partial charge is 0.449 e. The van der Waals surface area contributed by atoms with Gasteiger partial charge in [-0.3, -0.25) is 5.32 Å². The number of cyclic esters (lactones) is 1. The zero-order valence-electron chi connectivity index (χ0n) is 10.1. The lowest BCUT2D eigenvalue weighted by Crippen LogP contribution is -2.28. The average molecular weight is 238 g/mol. The maximum Gasteiger partial charge on any atom is 0.411 e. The van der Waals surface area contributed by atoms with Crippen LogP contribution in [0.4, 0.5) is 4.79 Å². The summed E-state index contributed by atoms with van der Waals surface area (Å²) in [7, 11) is 0. The van der Waals surface area contributed by atoms with Gasteiger partial charge in [-0.05, 0) is 12.0 Å². The van der Waals surface area contributed by atoms with Crippen molar-refractivity contribution in [2.24, 2.45) is 5.11 Å². The Morgan fingerprint density at radius 1 is 1.65 bits per heavy atom. The zero-order valence-corrected chi connectivity index (χ0v) is 10.1. The molecule has 0 aliphatic carbocycles. The number of ether oxygens (including phenoxy) is 1. The molecule has 0 fully saturated rings.